The van der Waals surface area contributed by atoms with E-state index in [0.29, 0.717) is 26.3 Å². The molecule has 1 saturated heterocycles. The summed E-state index contributed by atoms with van der Waals surface area (Å²) in [6, 6.07) is 3.73. The third-order valence-corrected chi connectivity index (χ3v) is 4.85. The SMILES string of the molecule is CC(C)C[C@H](N[C@@H](c1ccc(C(=O)N2CCOCC2)cc1)C(F)(F)F)C(=O)NCC#N. The van der Waals surface area contributed by atoms with Crippen LogP contribution in [0.4, 0.5) is 13.2 Å². The van der Waals surface area contributed by atoms with Crippen LogP contribution in [-0.4, -0.2) is 61.8 Å². The number of nitriles is 1. The van der Waals surface area contributed by atoms with E-state index in [4.69, 9.17) is 10.00 Å². The first kappa shape index (κ1) is 24.6. The van der Waals surface area contributed by atoms with Crippen LogP contribution < -0.4 is 10.6 Å². The van der Waals surface area contributed by atoms with E-state index in [9.17, 15) is 22.8 Å². The molecule has 0 unspecified atom stereocenters. The number of amides is 2. The summed E-state index contributed by atoms with van der Waals surface area (Å²) in [4.78, 5) is 26.4. The number of halogens is 3. The molecule has 10 heteroatoms. The summed E-state index contributed by atoms with van der Waals surface area (Å²) in [7, 11) is 0. The van der Waals surface area contributed by atoms with Crippen LogP contribution in [0.1, 0.15) is 42.2 Å². The van der Waals surface area contributed by atoms with Gasteiger partial charge in [0.15, 0.2) is 0 Å². The highest BCUT2D eigenvalue weighted by Crippen LogP contribution is 2.34. The van der Waals surface area contributed by atoms with Gasteiger partial charge in [0.05, 0.1) is 25.3 Å². The Morgan fingerprint density at radius 2 is 1.81 bits per heavy atom. The maximum absolute atomic E-state index is 13.8. The van der Waals surface area contributed by atoms with Gasteiger partial charge < -0.3 is 15.0 Å². The van der Waals surface area contributed by atoms with Crippen molar-refractivity contribution < 1.29 is 27.5 Å². The van der Waals surface area contributed by atoms with Crippen molar-refractivity contribution in [1.82, 2.24) is 15.5 Å². The number of benzene rings is 1. The molecule has 31 heavy (non-hydrogen) atoms. The zero-order chi connectivity index (χ0) is 23.0. The highest BCUT2D eigenvalue weighted by molar-refractivity contribution is 5.94. The van der Waals surface area contributed by atoms with Gasteiger partial charge in [0.2, 0.25) is 5.91 Å². The van der Waals surface area contributed by atoms with E-state index in [0.717, 1.165) is 0 Å². The molecule has 0 radical (unpaired) electrons. The average molecular weight is 440 g/mol. The molecule has 0 bridgehead atoms. The molecule has 1 fully saturated rings. The maximum Gasteiger partial charge on any atom is 0.407 e. The van der Waals surface area contributed by atoms with Crippen molar-refractivity contribution in [2.75, 3.05) is 32.8 Å². The van der Waals surface area contributed by atoms with Gasteiger partial charge in [-0.25, -0.2) is 0 Å². The Balaban J connectivity index is 2.21. The minimum Gasteiger partial charge on any atom is -0.378 e. The zero-order valence-corrected chi connectivity index (χ0v) is 17.5. The van der Waals surface area contributed by atoms with Gasteiger partial charge >= 0.3 is 6.18 Å². The number of nitrogens with zero attached hydrogens (tertiary/aromatic N) is 2. The zero-order valence-electron chi connectivity index (χ0n) is 17.5. The number of nitrogens with one attached hydrogen (secondary N) is 2. The van der Waals surface area contributed by atoms with Gasteiger partial charge in [-0.15, -0.1) is 0 Å². The van der Waals surface area contributed by atoms with Crippen LogP contribution in [0.3, 0.4) is 0 Å². The molecular formula is C21H27F3N4O3. The van der Waals surface area contributed by atoms with Gasteiger partial charge in [0.1, 0.15) is 12.6 Å². The molecule has 1 aromatic carbocycles. The second-order valence-corrected chi connectivity index (χ2v) is 7.73. The quantitative estimate of drug-likeness (QED) is 0.606. The number of rotatable bonds is 8. The molecule has 2 rings (SSSR count). The molecule has 2 atom stereocenters. The predicted molar refractivity (Wildman–Crippen MR) is 107 cm³/mol. The van der Waals surface area contributed by atoms with Crippen molar-refractivity contribution in [2.45, 2.75) is 38.5 Å². The maximum atomic E-state index is 13.8. The van der Waals surface area contributed by atoms with E-state index in [-0.39, 0.29) is 35.9 Å². The Labute approximate surface area is 179 Å². The first-order chi connectivity index (χ1) is 14.6. The first-order valence-electron chi connectivity index (χ1n) is 10.1. The van der Waals surface area contributed by atoms with Crippen LogP contribution in [0.25, 0.3) is 0 Å². The fourth-order valence-corrected chi connectivity index (χ4v) is 3.32. The van der Waals surface area contributed by atoms with Crippen molar-refractivity contribution in [1.29, 1.82) is 5.26 Å². The second kappa shape index (κ2) is 11.1. The van der Waals surface area contributed by atoms with E-state index >= 15 is 0 Å². The third kappa shape index (κ3) is 7.22. The molecule has 170 valence electrons. The lowest BCUT2D eigenvalue weighted by molar-refractivity contribution is -0.161. The lowest BCUT2D eigenvalue weighted by Crippen LogP contribution is -2.49. The number of hydrogen-bond acceptors (Lipinski definition) is 5. The molecule has 2 N–H and O–H groups in total. The minimum absolute atomic E-state index is 0.0484. The monoisotopic (exact) mass is 440 g/mol. The van der Waals surface area contributed by atoms with E-state index in [1.807, 2.05) is 0 Å². The van der Waals surface area contributed by atoms with E-state index in [2.05, 4.69) is 10.6 Å². The Hall–Kier alpha value is -2.64. The lowest BCUT2D eigenvalue weighted by atomic mass is 9.98. The highest BCUT2D eigenvalue weighted by atomic mass is 19.4. The smallest absolute Gasteiger partial charge is 0.378 e. The standard InChI is InChI=1S/C21H27F3N4O3/c1-14(2)13-17(19(29)26-8-7-25)27-18(21(22,23)24)15-3-5-16(6-4-15)20(30)28-9-11-31-12-10-28/h3-6,14,17-18,27H,8-13H2,1-2H3,(H,26,29)/t17-,18-/m0/s1. The summed E-state index contributed by atoms with van der Waals surface area (Å²) in [6.07, 6.45) is -4.50. The van der Waals surface area contributed by atoms with Crippen LogP contribution in [0.15, 0.2) is 24.3 Å². The summed E-state index contributed by atoms with van der Waals surface area (Å²) in [5, 5.41) is 13.4. The van der Waals surface area contributed by atoms with Gasteiger partial charge in [-0.1, -0.05) is 26.0 Å². The Bertz CT molecular complexity index is 785. The molecule has 1 aliphatic heterocycles. The van der Waals surface area contributed by atoms with Gasteiger partial charge in [0, 0.05) is 18.7 Å². The van der Waals surface area contributed by atoms with Crippen molar-refractivity contribution >= 4 is 11.8 Å². The molecule has 0 aliphatic carbocycles. The number of morpholine rings is 1. The fourth-order valence-electron chi connectivity index (χ4n) is 3.32. The molecule has 1 aromatic rings. The summed E-state index contributed by atoms with van der Waals surface area (Å²) >= 11 is 0. The topological polar surface area (TPSA) is 94.5 Å². The largest absolute Gasteiger partial charge is 0.407 e. The summed E-state index contributed by atoms with van der Waals surface area (Å²) in [5.74, 6) is -0.976. The molecule has 0 aromatic heterocycles. The number of ether oxygens (including phenoxy) is 1. The van der Waals surface area contributed by atoms with Crippen molar-refractivity contribution in [3.05, 3.63) is 35.4 Å². The summed E-state index contributed by atoms with van der Waals surface area (Å²) in [5.41, 5.74) is 0.185. The van der Waals surface area contributed by atoms with Crippen molar-refractivity contribution in [3.63, 3.8) is 0 Å². The van der Waals surface area contributed by atoms with Gasteiger partial charge in [-0.05, 0) is 30.0 Å². The minimum atomic E-state index is -4.67. The van der Waals surface area contributed by atoms with Crippen molar-refractivity contribution in [3.8, 4) is 6.07 Å². The normalized spacial score (nSPS) is 16.5. The second-order valence-electron chi connectivity index (χ2n) is 7.73. The Morgan fingerprint density at radius 1 is 1.19 bits per heavy atom. The third-order valence-electron chi connectivity index (χ3n) is 4.85. The molecular weight excluding hydrogens is 413 g/mol. The molecule has 0 saturated carbocycles. The first-order valence-corrected chi connectivity index (χ1v) is 10.1. The number of alkyl halides is 3. The van der Waals surface area contributed by atoms with Crippen molar-refractivity contribution in [2.24, 2.45) is 5.92 Å². The number of carbonyl (C=O) groups excluding carboxylic acids is 2. The highest BCUT2D eigenvalue weighted by Gasteiger charge is 2.43. The summed E-state index contributed by atoms with van der Waals surface area (Å²) < 4.78 is 46.7. The molecule has 2 amide bonds. The number of carbonyl (C=O) groups is 2. The molecule has 0 spiro atoms. The Morgan fingerprint density at radius 3 is 2.32 bits per heavy atom. The van der Waals surface area contributed by atoms with E-state index in [1.54, 1.807) is 24.8 Å². The predicted octanol–water partition coefficient (Wildman–Crippen LogP) is 2.41. The van der Waals surface area contributed by atoms with Crippen LogP contribution >= 0.6 is 0 Å². The lowest BCUT2D eigenvalue weighted by Gasteiger charge is -2.29. The van der Waals surface area contributed by atoms with E-state index in [1.165, 1.54) is 24.3 Å². The van der Waals surface area contributed by atoms with Crippen LogP contribution in [-0.2, 0) is 9.53 Å². The molecule has 1 heterocycles. The van der Waals surface area contributed by atoms with Crippen LogP contribution in [0.2, 0.25) is 0 Å². The van der Waals surface area contributed by atoms with Gasteiger partial charge in [-0.3, -0.25) is 14.9 Å². The van der Waals surface area contributed by atoms with Crippen LogP contribution in [0, 0.1) is 17.2 Å². The van der Waals surface area contributed by atoms with Crippen LogP contribution in [0.5, 0.6) is 0 Å². The molecule has 1 aliphatic rings. The Kier molecular flexibility index (Phi) is 8.83. The summed E-state index contributed by atoms with van der Waals surface area (Å²) in [6.45, 7) is 5.01. The van der Waals surface area contributed by atoms with Gasteiger partial charge in [0.25, 0.3) is 5.91 Å². The fraction of sp³-hybridized carbons (Fsp3) is 0.571. The average Bonchev–Trinajstić information content (AvgIpc) is 2.74. The van der Waals surface area contributed by atoms with E-state index < -0.39 is 24.2 Å². The van der Waals surface area contributed by atoms with Gasteiger partial charge in [-0.2, -0.15) is 18.4 Å². The molecule has 7 nitrogen and oxygen atoms in total. The number of hydrogen-bond donors (Lipinski definition) is 2.